The molecule has 0 aromatic heterocycles. The third-order valence-electron chi connectivity index (χ3n) is 14.4. The number of rotatable bonds is 7. The molecule has 5 fully saturated rings. The summed E-state index contributed by atoms with van der Waals surface area (Å²) in [6.45, 7) is 3.10. The fourth-order valence-electron chi connectivity index (χ4n) is 10.9. The van der Waals surface area contributed by atoms with Gasteiger partial charge in [-0.1, -0.05) is 194 Å². The fraction of sp³-hybridized carbons (Fsp3) is 0.508. The number of hydrogen-bond acceptors (Lipinski definition) is 0. The second-order valence-electron chi connectivity index (χ2n) is 19.7. The van der Waals surface area contributed by atoms with Gasteiger partial charge in [0.1, 0.15) is 6.63 Å². The van der Waals surface area contributed by atoms with Crippen LogP contribution in [0, 0.1) is 33.4 Å². The van der Waals surface area contributed by atoms with Crippen LogP contribution >= 0.6 is 66.7 Å². The first-order valence-electron chi connectivity index (χ1n) is 26.9. The Morgan fingerprint density at radius 3 is 1.03 bits per heavy atom. The molecule has 5 aliphatic carbocycles. The molecule has 5 aromatic carbocycles. The maximum Gasteiger partial charge on any atom is 2.00 e. The van der Waals surface area contributed by atoms with Gasteiger partial charge in [-0.3, -0.25) is 0 Å². The number of halogens is 5. The van der Waals surface area contributed by atoms with Crippen LogP contribution in [0.15, 0.2) is 140 Å². The van der Waals surface area contributed by atoms with Crippen LogP contribution in [0.2, 0.25) is 0 Å². The van der Waals surface area contributed by atoms with Crippen molar-refractivity contribution in [1.82, 2.24) is 0 Å². The van der Waals surface area contributed by atoms with E-state index in [9.17, 15) is 0 Å². The van der Waals surface area contributed by atoms with E-state index in [-0.39, 0.29) is 58.7 Å². The zero-order valence-electron chi connectivity index (χ0n) is 44.7. The molecule has 0 bridgehead atoms. The minimum Gasteiger partial charge on any atom is -0.0690 e. The largest absolute Gasteiger partial charge is 2.00 e. The van der Waals surface area contributed by atoms with Crippen molar-refractivity contribution in [3.63, 3.8) is 0 Å². The van der Waals surface area contributed by atoms with Crippen LogP contribution in [0.1, 0.15) is 172 Å². The molecule has 5 aromatic rings. The molecule has 0 saturated heterocycles. The van der Waals surface area contributed by atoms with E-state index in [1.165, 1.54) is 172 Å². The average molecular weight is 1200 g/mol. The van der Waals surface area contributed by atoms with E-state index in [1.807, 2.05) is 92.7 Å². The van der Waals surface area contributed by atoms with Crippen LogP contribution in [0.4, 0.5) is 0 Å². The van der Waals surface area contributed by atoms with E-state index < -0.39 is 6.63 Å². The van der Waals surface area contributed by atoms with E-state index in [2.05, 4.69) is 97.6 Å². The van der Waals surface area contributed by atoms with Gasteiger partial charge in [-0.2, -0.15) is 71.8 Å². The SMILES string of the molecule is Cc1[c-]cccc1.Cc1[c-]cccc1.ClC1CCCCC1.ClP(Cl)c1ccccc1.[CH3-].[Cl-].[Cl][Ni].[Mg+2].c1ccc(P(C2CCCCC2)C2CCCCC2)cc1.c1ccc([PH+](C2CCCCC2)C2CCCCC2)cc1. The fourth-order valence-corrected chi connectivity index (χ4v) is 20.3. The van der Waals surface area contributed by atoms with Gasteiger partial charge in [0.25, 0.3) is 0 Å². The molecule has 403 valence electrons. The third kappa shape index (κ3) is 30.3. The molecule has 0 heterocycles. The predicted molar refractivity (Wildman–Crippen MR) is 330 cm³/mol. The Labute approximate surface area is 500 Å². The number of hydrogen-bond donors (Lipinski definition) is 0. The summed E-state index contributed by atoms with van der Waals surface area (Å²) < 4.78 is 0. The summed E-state index contributed by atoms with van der Waals surface area (Å²) in [5.74, 6) is 0. The minimum atomic E-state index is -0.951. The van der Waals surface area contributed by atoms with Crippen molar-refractivity contribution >= 4 is 106 Å². The van der Waals surface area contributed by atoms with Gasteiger partial charge in [-0.15, -0.1) is 11.6 Å². The van der Waals surface area contributed by atoms with Crippen molar-refractivity contribution in [2.45, 2.75) is 202 Å². The van der Waals surface area contributed by atoms with Gasteiger partial charge in [0.15, 0.2) is 0 Å². The van der Waals surface area contributed by atoms with Gasteiger partial charge in [0.05, 0.1) is 16.6 Å². The summed E-state index contributed by atoms with van der Waals surface area (Å²) in [6.07, 6.45) is 36.7. The van der Waals surface area contributed by atoms with Gasteiger partial charge in [-0.05, 0) is 119 Å². The molecule has 0 spiro atoms. The topological polar surface area (TPSA) is 0 Å². The van der Waals surface area contributed by atoms with Gasteiger partial charge >= 0.3 is 47.8 Å². The Kier molecular flexibility index (Phi) is 44.7. The predicted octanol–water partition coefficient (Wildman–Crippen LogP) is 17.7. The monoisotopic (exact) mass is 1190 g/mol. The first kappa shape index (κ1) is 71.1. The molecular formula is C63H88Cl5MgNiP3-. The molecule has 0 nitrogen and oxygen atoms in total. The van der Waals surface area contributed by atoms with E-state index in [4.69, 9.17) is 34.1 Å². The number of aryl methyl sites for hydroxylation is 2. The Balaban J connectivity index is 0.000000456. The first-order valence-corrected chi connectivity index (χ1v) is 35.0. The zero-order valence-corrected chi connectivity index (χ0v) is 53.6. The van der Waals surface area contributed by atoms with E-state index >= 15 is 0 Å². The van der Waals surface area contributed by atoms with E-state index in [0.29, 0.717) is 5.38 Å². The molecule has 0 N–H and O–H groups in total. The quantitative estimate of drug-likeness (QED) is 0.0659. The maximum absolute atomic E-state index is 5.82. The number of benzene rings is 5. The molecule has 73 heavy (non-hydrogen) atoms. The molecule has 5 saturated carbocycles. The van der Waals surface area contributed by atoms with E-state index in [1.54, 1.807) is 10.6 Å². The Morgan fingerprint density at radius 1 is 0.438 bits per heavy atom. The van der Waals surface area contributed by atoms with Crippen LogP contribution < -0.4 is 28.3 Å². The van der Waals surface area contributed by atoms with Crippen molar-refractivity contribution in [3.8, 4) is 0 Å². The van der Waals surface area contributed by atoms with Gasteiger partial charge in [-0.25, -0.2) is 0 Å². The van der Waals surface area contributed by atoms with Crippen molar-refractivity contribution in [1.29, 1.82) is 0 Å². The van der Waals surface area contributed by atoms with Crippen molar-refractivity contribution < 1.29 is 27.0 Å². The maximum atomic E-state index is 5.82. The van der Waals surface area contributed by atoms with Crippen LogP contribution in [-0.2, 0) is 14.6 Å². The second kappa shape index (κ2) is 45.9. The molecular weight excluding hydrogens is 1110 g/mol. The summed E-state index contributed by atoms with van der Waals surface area (Å²) in [4.78, 5) is 0. The second-order valence-corrected chi connectivity index (χ2v) is 29.8. The summed E-state index contributed by atoms with van der Waals surface area (Å²) in [5.41, 5.74) is 6.61. The molecule has 0 amide bonds. The molecule has 10 heteroatoms. The van der Waals surface area contributed by atoms with Gasteiger partial charge < -0.3 is 19.8 Å². The molecule has 0 aliphatic heterocycles. The van der Waals surface area contributed by atoms with Crippen LogP contribution in [0.5, 0.6) is 0 Å². The smallest absolute Gasteiger partial charge is 0.0690 e. The Bertz CT molecular complexity index is 1780. The van der Waals surface area contributed by atoms with E-state index in [0.717, 1.165) is 27.9 Å². The molecule has 0 radical (unpaired) electrons. The molecule has 0 atom stereocenters. The Hall–Kier alpha value is 0.0997. The average Bonchev–Trinajstić information content (AvgIpc) is 3.43. The number of alkyl halides is 1. The molecule has 5 aliphatic rings. The van der Waals surface area contributed by atoms with Crippen molar-refractivity contribution in [2.24, 2.45) is 0 Å². The van der Waals surface area contributed by atoms with Crippen molar-refractivity contribution in [3.05, 3.63) is 170 Å². The van der Waals surface area contributed by atoms with Gasteiger partial charge in [0.2, 0.25) is 0 Å². The molecule has 10 rings (SSSR count). The first-order chi connectivity index (χ1) is 34.4. The van der Waals surface area contributed by atoms with Gasteiger partial charge in [0, 0.05) is 18.6 Å². The summed E-state index contributed by atoms with van der Waals surface area (Å²) in [6, 6.07) is 54.7. The minimum absolute atomic E-state index is 0. The standard InChI is InChI=1S/2C18H27P.2C7H7.C6H5Cl2P.C6H11Cl.CH3.2ClH.Mg.Ni/c2*1-4-10-16(11-5-1)19(17-12-6-2-7-13-17)18-14-8-3-9-15-18;2*1-7-5-3-2-4-6-7;7-9(8)6-4-2-1-3-5-6;7-6-4-2-1-3-5-6;;;;;/h2*1,4-5,10-11,17-18H,2-3,6-9,12-15H2;2*2-5H,1H3;1-5H;6H,1-5H2;1H3;2*1H;;/q;;2*-1;;;-1;;;+2;+1/p-1. The van der Waals surface area contributed by atoms with Crippen molar-refractivity contribution in [2.75, 3.05) is 0 Å². The molecule has 0 unspecified atom stereocenters. The summed E-state index contributed by atoms with van der Waals surface area (Å²) in [5, 5.41) is 4.96. The summed E-state index contributed by atoms with van der Waals surface area (Å²) >= 11 is 20.4. The van der Waals surface area contributed by atoms with Crippen LogP contribution in [0.3, 0.4) is 0 Å². The summed E-state index contributed by atoms with van der Waals surface area (Å²) in [7, 11) is 4.05. The van der Waals surface area contributed by atoms with Crippen LogP contribution in [-0.4, -0.2) is 51.1 Å². The van der Waals surface area contributed by atoms with Crippen LogP contribution in [0.25, 0.3) is 0 Å². The normalized spacial score (nSPS) is 17.3. The zero-order chi connectivity index (χ0) is 49.9. The Morgan fingerprint density at radius 2 is 0.753 bits per heavy atom. The third-order valence-corrected chi connectivity index (χ3v) is 24.1.